The average molecular weight is 260 g/mol. The van der Waals surface area contributed by atoms with Gasteiger partial charge in [-0.2, -0.15) is 0 Å². The van der Waals surface area contributed by atoms with Crippen molar-refractivity contribution in [1.82, 2.24) is 20.1 Å². The average Bonchev–Trinajstić information content (AvgIpc) is 2.77. The van der Waals surface area contributed by atoms with Gasteiger partial charge in [0.2, 0.25) is 0 Å². The third-order valence-electron chi connectivity index (χ3n) is 2.89. The lowest BCUT2D eigenvalue weighted by atomic mass is 10.2. The summed E-state index contributed by atoms with van der Waals surface area (Å²) in [5.74, 6) is 1.96. The minimum absolute atomic E-state index is 0.283. The van der Waals surface area contributed by atoms with Crippen LogP contribution in [0, 0.1) is 0 Å². The van der Waals surface area contributed by atoms with Gasteiger partial charge in [0, 0.05) is 19.5 Å². The summed E-state index contributed by atoms with van der Waals surface area (Å²) in [6.45, 7) is 1.90. The first-order valence-electron chi connectivity index (χ1n) is 6.25. The highest BCUT2D eigenvalue weighted by atomic mass is 19.3. The van der Waals surface area contributed by atoms with Gasteiger partial charge < -0.3 is 14.6 Å². The molecule has 0 fully saturated rings. The van der Waals surface area contributed by atoms with E-state index in [2.05, 4.69) is 20.1 Å². The number of nitrogens with zero attached hydrogens (tertiary/aromatic N) is 3. The normalized spacial score (nSPS) is 15.1. The number of alkyl halides is 2. The molecule has 0 saturated heterocycles. The second kappa shape index (κ2) is 6.75. The van der Waals surface area contributed by atoms with Gasteiger partial charge in [-0.3, -0.25) is 0 Å². The van der Waals surface area contributed by atoms with E-state index in [4.69, 9.17) is 4.74 Å². The lowest BCUT2D eigenvalue weighted by Gasteiger charge is -2.14. The molecule has 1 N–H and O–H groups in total. The van der Waals surface area contributed by atoms with Crippen molar-refractivity contribution in [3.8, 4) is 0 Å². The number of ether oxygens (including phenoxy) is 1. The van der Waals surface area contributed by atoms with E-state index in [9.17, 15) is 8.78 Å². The molecule has 0 amide bonds. The number of rotatable bonds is 7. The van der Waals surface area contributed by atoms with Gasteiger partial charge in [0.25, 0.3) is 6.43 Å². The molecule has 1 aromatic rings. The molecule has 102 valence electrons. The Hall–Kier alpha value is -1.08. The van der Waals surface area contributed by atoms with Crippen LogP contribution >= 0.6 is 0 Å². The zero-order valence-electron chi connectivity index (χ0n) is 10.2. The van der Waals surface area contributed by atoms with Gasteiger partial charge in [-0.05, 0) is 12.8 Å². The predicted molar refractivity (Wildman–Crippen MR) is 61.5 cm³/mol. The van der Waals surface area contributed by atoms with Crippen molar-refractivity contribution >= 4 is 0 Å². The van der Waals surface area contributed by atoms with Crippen LogP contribution in [0.2, 0.25) is 0 Å². The van der Waals surface area contributed by atoms with Crippen LogP contribution in [0.25, 0.3) is 0 Å². The summed E-state index contributed by atoms with van der Waals surface area (Å²) in [6.07, 6.45) is 0.932. The molecule has 0 atom stereocenters. The Morgan fingerprint density at radius 1 is 1.33 bits per heavy atom. The number of aromatic nitrogens is 3. The fourth-order valence-corrected chi connectivity index (χ4v) is 2.02. The molecule has 1 aromatic heterocycles. The Balaban J connectivity index is 1.66. The van der Waals surface area contributed by atoms with E-state index in [1.165, 1.54) is 6.42 Å². The lowest BCUT2D eigenvalue weighted by Crippen LogP contribution is -2.23. The SMILES string of the molecule is FC(F)COCCNCc1nnc2n1CCCC2. The molecule has 2 heterocycles. The number of hydrogen-bond donors (Lipinski definition) is 1. The minimum atomic E-state index is -2.39. The molecular formula is C11H18F2N4O. The Morgan fingerprint density at radius 2 is 2.22 bits per heavy atom. The number of hydrogen-bond acceptors (Lipinski definition) is 4. The number of nitrogens with one attached hydrogen (secondary N) is 1. The highest BCUT2D eigenvalue weighted by Crippen LogP contribution is 2.13. The first-order valence-corrected chi connectivity index (χ1v) is 6.25. The van der Waals surface area contributed by atoms with Crippen LogP contribution < -0.4 is 5.32 Å². The van der Waals surface area contributed by atoms with Crippen molar-refractivity contribution in [3.63, 3.8) is 0 Å². The summed E-state index contributed by atoms with van der Waals surface area (Å²) in [5.41, 5.74) is 0. The van der Waals surface area contributed by atoms with Crippen LogP contribution in [0.1, 0.15) is 24.5 Å². The third-order valence-corrected chi connectivity index (χ3v) is 2.89. The number of aryl methyl sites for hydroxylation is 1. The topological polar surface area (TPSA) is 52.0 Å². The molecule has 5 nitrogen and oxygen atoms in total. The smallest absolute Gasteiger partial charge is 0.261 e. The summed E-state index contributed by atoms with van der Waals surface area (Å²) in [5, 5.41) is 11.4. The Bertz CT molecular complexity index is 370. The van der Waals surface area contributed by atoms with Gasteiger partial charge >= 0.3 is 0 Å². The van der Waals surface area contributed by atoms with E-state index in [-0.39, 0.29) is 6.61 Å². The molecule has 1 aliphatic heterocycles. The van der Waals surface area contributed by atoms with E-state index in [0.717, 1.165) is 31.0 Å². The molecule has 0 radical (unpaired) electrons. The lowest BCUT2D eigenvalue weighted by molar-refractivity contribution is 0.0186. The second-order valence-electron chi connectivity index (χ2n) is 4.28. The van der Waals surface area contributed by atoms with Crippen molar-refractivity contribution in [2.45, 2.75) is 38.8 Å². The maximum atomic E-state index is 11.8. The zero-order valence-corrected chi connectivity index (χ0v) is 10.2. The first-order chi connectivity index (χ1) is 8.77. The molecule has 1 aliphatic rings. The predicted octanol–water partition coefficient (Wildman–Crippen LogP) is 0.986. The molecule has 7 heteroatoms. The molecule has 0 unspecified atom stereocenters. The molecule has 0 saturated carbocycles. The molecule has 0 bridgehead atoms. The maximum Gasteiger partial charge on any atom is 0.261 e. The van der Waals surface area contributed by atoms with Crippen LogP contribution in [0.15, 0.2) is 0 Å². The van der Waals surface area contributed by atoms with Gasteiger partial charge in [-0.15, -0.1) is 10.2 Å². The van der Waals surface area contributed by atoms with E-state index in [1.54, 1.807) is 0 Å². The number of fused-ring (bicyclic) bond motifs is 1. The van der Waals surface area contributed by atoms with Crippen LogP contribution in [0.5, 0.6) is 0 Å². The first kappa shape index (κ1) is 13.4. The molecule has 0 aromatic carbocycles. The largest absolute Gasteiger partial charge is 0.374 e. The molecule has 2 rings (SSSR count). The molecule has 18 heavy (non-hydrogen) atoms. The summed E-state index contributed by atoms with van der Waals surface area (Å²) in [7, 11) is 0. The highest BCUT2D eigenvalue weighted by molar-refractivity contribution is 4.98. The van der Waals surface area contributed by atoms with Gasteiger partial charge in [0.05, 0.1) is 13.2 Å². The fourth-order valence-electron chi connectivity index (χ4n) is 2.02. The van der Waals surface area contributed by atoms with Crippen LogP contribution in [0.3, 0.4) is 0 Å². The molecular weight excluding hydrogens is 242 g/mol. The van der Waals surface area contributed by atoms with Crippen molar-refractivity contribution in [2.75, 3.05) is 19.8 Å². The van der Waals surface area contributed by atoms with Gasteiger partial charge in [0.15, 0.2) is 0 Å². The van der Waals surface area contributed by atoms with Crippen molar-refractivity contribution in [2.24, 2.45) is 0 Å². The number of halogens is 2. The van der Waals surface area contributed by atoms with Crippen LogP contribution in [0.4, 0.5) is 8.78 Å². The third kappa shape index (κ3) is 3.71. The maximum absolute atomic E-state index is 11.8. The van der Waals surface area contributed by atoms with E-state index >= 15 is 0 Å². The van der Waals surface area contributed by atoms with Crippen molar-refractivity contribution < 1.29 is 13.5 Å². The second-order valence-corrected chi connectivity index (χ2v) is 4.28. The van der Waals surface area contributed by atoms with E-state index in [1.807, 2.05) is 0 Å². The highest BCUT2D eigenvalue weighted by Gasteiger charge is 2.14. The van der Waals surface area contributed by atoms with Crippen molar-refractivity contribution in [1.29, 1.82) is 0 Å². The minimum Gasteiger partial charge on any atom is -0.374 e. The summed E-state index contributed by atoms with van der Waals surface area (Å²) in [6, 6.07) is 0. The zero-order chi connectivity index (χ0) is 12.8. The van der Waals surface area contributed by atoms with Gasteiger partial charge in [0.1, 0.15) is 18.3 Å². The Kier molecular flexibility index (Phi) is 5.00. The molecule has 0 aliphatic carbocycles. The Labute approximate surface area is 105 Å². The summed E-state index contributed by atoms with van der Waals surface area (Å²) < 4.78 is 30.5. The molecule has 0 spiro atoms. The quantitative estimate of drug-likeness (QED) is 0.743. The van der Waals surface area contributed by atoms with Crippen molar-refractivity contribution in [3.05, 3.63) is 11.6 Å². The fraction of sp³-hybridized carbons (Fsp3) is 0.818. The Morgan fingerprint density at radius 3 is 3.06 bits per heavy atom. The van der Waals surface area contributed by atoms with Gasteiger partial charge in [-0.1, -0.05) is 0 Å². The monoisotopic (exact) mass is 260 g/mol. The standard InChI is InChI=1S/C11H18F2N4O/c12-9(13)8-18-6-4-14-7-11-16-15-10-3-1-2-5-17(10)11/h9,14H,1-8H2. The van der Waals surface area contributed by atoms with Crippen LogP contribution in [-0.4, -0.2) is 40.9 Å². The van der Waals surface area contributed by atoms with Gasteiger partial charge in [-0.25, -0.2) is 8.78 Å². The van der Waals surface area contributed by atoms with Crippen LogP contribution in [-0.2, 0) is 24.2 Å². The summed E-state index contributed by atoms with van der Waals surface area (Å²) >= 11 is 0. The van der Waals surface area contributed by atoms with E-state index in [0.29, 0.717) is 13.1 Å². The van der Waals surface area contributed by atoms with E-state index < -0.39 is 13.0 Å². The summed E-state index contributed by atoms with van der Waals surface area (Å²) in [4.78, 5) is 0.